The van der Waals surface area contributed by atoms with Gasteiger partial charge in [-0.05, 0) is 30.3 Å². The van der Waals surface area contributed by atoms with Crippen LogP contribution in [-0.2, 0) is 7.05 Å². The molecule has 0 saturated carbocycles. The van der Waals surface area contributed by atoms with E-state index >= 15 is 0 Å². The van der Waals surface area contributed by atoms with Gasteiger partial charge in [0.25, 0.3) is 5.91 Å². The highest BCUT2D eigenvalue weighted by Gasteiger charge is 2.13. The van der Waals surface area contributed by atoms with Gasteiger partial charge in [-0.25, -0.2) is 0 Å². The molecule has 5 nitrogen and oxygen atoms in total. The van der Waals surface area contributed by atoms with Crippen LogP contribution in [0.3, 0.4) is 0 Å². The highest BCUT2D eigenvalue weighted by atomic mass is 79.9. The van der Waals surface area contributed by atoms with Crippen LogP contribution in [-0.4, -0.2) is 15.7 Å². The molecule has 116 valence electrons. The minimum absolute atomic E-state index is 0.247. The lowest BCUT2D eigenvalue weighted by atomic mass is 10.2. The summed E-state index contributed by atoms with van der Waals surface area (Å²) >= 11 is 3.40. The van der Waals surface area contributed by atoms with Gasteiger partial charge >= 0.3 is 0 Å². The molecule has 1 heterocycles. The molecule has 0 unspecified atom stereocenters. The normalized spacial score (nSPS) is 10.3. The van der Waals surface area contributed by atoms with Crippen LogP contribution in [0, 0.1) is 0 Å². The van der Waals surface area contributed by atoms with Crippen molar-refractivity contribution in [3.63, 3.8) is 0 Å². The smallest absolute Gasteiger partial charge is 0.259 e. The Balaban J connectivity index is 1.84. The predicted molar refractivity (Wildman–Crippen MR) is 91.8 cm³/mol. The lowest BCUT2D eigenvalue weighted by Gasteiger charge is -2.11. The molecule has 0 spiro atoms. The molecular weight excluding hydrogens is 358 g/mol. The fourth-order valence-electron chi connectivity index (χ4n) is 2.08. The zero-order valence-corrected chi connectivity index (χ0v) is 13.9. The van der Waals surface area contributed by atoms with Gasteiger partial charge in [-0.3, -0.25) is 9.48 Å². The van der Waals surface area contributed by atoms with Crippen molar-refractivity contribution in [3.05, 3.63) is 71.0 Å². The third-order valence-corrected chi connectivity index (χ3v) is 3.61. The van der Waals surface area contributed by atoms with Crippen molar-refractivity contribution in [2.75, 3.05) is 5.32 Å². The average molecular weight is 372 g/mol. The minimum Gasteiger partial charge on any atom is -0.456 e. The van der Waals surface area contributed by atoms with Crippen molar-refractivity contribution in [2.24, 2.45) is 7.05 Å². The first-order valence-electron chi connectivity index (χ1n) is 6.94. The molecule has 0 saturated heterocycles. The van der Waals surface area contributed by atoms with Crippen molar-refractivity contribution < 1.29 is 9.53 Å². The number of carbonyl (C=O) groups is 1. The van der Waals surface area contributed by atoms with Crippen molar-refractivity contribution in [3.8, 4) is 11.5 Å². The fourth-order valence-corrected chi connectivity index (χ4v) is 2.46. The van der Waals surface area contributed by atoms with Gasteiger partial charge in [0.2, 0.25) is 0 Å². The molecule has 0 aliphatic carbocycles. The molecule has 2 aromatic carbocycles. The Kier molecular flexibility index (Phi) is 4.43. The summed E-state index contributed by atoms with van der Waals surface area (Å²) in [6.45, 7) is 0. The second-order valence-corrected chi connectivity index (χ2v) is 5.83. The lowest BCUT2D eigenvalue weighted by Crippen LogP contribution is -2.12. The maximum Gasteiger partial charge on any atom is 0.259 e. The Labute approximate surface area is 142 Å². The number of aryl methyl sites for hydroxylation is 1. The summed E-state index contributed by atoms with van der Waals surface area (Å²) in [5.41, 5.74) is 1.09. The van der Waals surface area contributed by atoms with E-state index in [1.54, 1.807) is 42.3 Å². The summed E-state index contributed by atoms with van der Waals surface area (Å²) in [6, 6.07) is 14.6. The molecule has 0 radical (unpaired) electrons. The SMILES string of the molecule is Cn1cc(NC(=O)c2ccccc2Oc2cccc(Br)c2)cn1. The number of halogens is 1. The Bertz CT molecular complexity index is 845. The number of rotatable bonds is 4. The highest BCUT2D eigenvalue weighted by Crippen LogP contribution is 2.27. The largest absolute Gasteiger partial charge is 0.456 e. The van der Waals surface area contributed by atoms with Crippen LogP contribution >= 0.6 is 15.9 Å². The number of carbonyl (C=O) groups excluding carboxylic acids is 1. The van der Waals surface area contributed by atoms with Gasteiger partial charge in [0, 0.05) is 17.7 Å². The van der Waals surface area contributed by atoms with E-state index in [0.717, 1.165) is 4.47 Å². The van der Waals surface area contributed by atoms with Gasteiger partial charge in [0.15, 0.2) is 0 Å². The molecular formula is C17H14BrN3O2. The second-order valence-electron chi connectivity index (χ2n) is 4.91. The van der Waals surface area contributed by atoms with Crippen LogP contribution < -0.4 is 10.1 Å². The third-order valence-electron chi connectivity index (χ3n) is 3.12. The van der Waals surface area contributed by atoms with E-state index in [9.17, 15) is 4.79 Å². The number of anilines is 1. The summed E-state index contributed by atoms with van der Waals surface area (Å²) in [5.74, 6) is 0.900. The number of benzene rings is 2. The van der Waals surface area contributed by atoms with Gasteiger partial charge in [-0.1, -0.05) is 34.1 Å². The van der Waals surface area contributed by atoms with Crippen LogP contribution in [0.15, 0.2) is 65.4 Å². The summed E-state index contributed by atoms with van der Waals surface area (Å²) in [7, 11) is 1.79. The van der Waals surface area contributed by atoms with Crippen molar-refractivity contribution >= 4 is 27.5 Å². The van der Waals surface area contributed by atoms with E-state index in [1.807, 2.05) is 30.3 Å². The highest BCUT2D eigenvalue weighted by molar-refractivity contribution is 9.10. The zero-order chi connectivity index (χ0) is 16.2. The van der Waals surface area contributed by atoms with E-state index in [4.69, 9.17) is 4.74 Å². The van der Waals surface area contributed by atoms with Crippen molar-refractivity contribution in [1.29, 1.82) is 0 Å². The number of amides is 1. The average Bonchev–Trinajstić information content (AvgIpc) is 2.93. The predicted octanol–water partition coefficient (Wildman–Crippen LogP) is 4.23. The first kappa shape index (κ1) is 15.3. The molecule has 6 heteroatoms. The molecule has 0 bridgehead atoms. The Morgan fingerprint density at radius 3 is 2.78 bits per heavy atom. The maximum atomic E-state index is 12.5. The zero-order valence-electron chi connectivity index (χ0n) is 12.4. The fraction of sp³-hybridized carbons (Fsp3) is 0.0588. The molecule has 0 fully saturated rings. The van der Waals surface area contributed by atoms with Gasteiger partial charge in [0.1, 0.15) is 11.5 Å². The second kappa shape index (κ2) is 6.66. The van der Waals surface area contributed by atoms with Gasteiger partial charge in [0.05, 0.1) is 17.4 Å². The van der Waals surface area contributed by atoms with E-state index in [0.29, 0.717) is 22.7 Å². The van der Waals surface area contributed by atoms with E-state index < -0.39 is 0 Å². The Morgan fingerprint density at radius 2 is 2.04 bits per heavy atom. The summed E-state index contributed by atoms with van der Waals surface area (Å²) in [6.07, 6.45) is 3.32. The van der Waals surface area contributed by atoms with Crippen LogP contribution in [0.1, 0.15) is 10.4 Å². The number of hydrogen-bond acceptors (Lipinski definition) is 3. The standard InChI is InChI=1S/C17H14BrN3O2/c1-21-11-13(10-19-21)20-17(22)15-7-2-3-8-16(15)23-14-6-4-5-12(18)9-14/h2-11H,1H3,(H,20,22). The van der Waals surface area contributed by atoms with Gasteiger partial charge in [-0.2, -0.15) is 5.10 Å². The summed E-state index contributed by atoms with van der Waals surface area (Å²) in [4.78, 5) is 12.5. The van der Waals surface area contributed by atoms with Crippen molar-refractivity contribution in [1.82, 2.24) is 9.78 Å². The van der Waals surface area contributed by atoms with Gasteiger partial charge < -0.3 is 10.1 Å². The topological polar surface area (TPSA) is 56.2 Å². The lowest BCUT2D eigenvalue weighted by molar-refractivity contribution is 0.102. The number of hydrogen-bond donors (Lipinski definition) is 1. The number of nitrogens with zero attached hydrogens (tertiary/aromatic N) is 2. The van der Waals surface area contributed by atoms with Crippen molar-refractivity contribution in [2.45, 2.75) is 0 Å². The molecule has 23 heavy (non-hydrogen) atoms. The molecule has 0 aliphatic rings. The van der Waals surface area contributed by atoms with Crippen LogP contribution in [0.5, 0.6) is 11.5 Å². The van der Waals surface area contributed by atoms with E-state index in [2.05, 4.69) is 26.3 Å². The summed E-state index contributed by atoms with van der Waals surface area (Å²) in [5, 5.41) is 6.83. The molecule has 0 atom stereocenters. The van der Waals surface area contributed by atoms with Crippen LogP contribution in [0.4, 0.5) is 5.69 Å². The number of aromatic nitrogens is 2. The van der Waals surface area contributed by atoms with Crippen LogP contribution in [0.2, 0.25) is 0 Å². The van der Waals surface area contributed by atoms with E-state index in [-0.39, 0.29) is 5.91 Å². The molecule has 1 N–H and O–H groups in total. The Morgan fingerprint density at radius 1 is 1.22 bits per heavy atom. The number of para-hydroxylation sites is 1. The molecule has 0 aliphatic heterocycles. The first-order chi connectivity index (χ1) is 11.1. The monoisotopic (exact) mass is 371 g/mol. The third kappa shape index (κ3) is 3.78. The van der Waals surface area contributed by atoms with Gasteiger partial charge in [-0.15, -0.1) is 0 Å². The Hall–Kier alpha value is -2.60. The molecule has 3 aromatic rings. The first-order valence-corrected chi connectivity index (χ1v) is 7.73. The molecule has 1 aromatic heterocycles. The molecule has 1 amide bonds. The number of ether oxygens (including phenoxy) is 1. The van der Waals surface area contributed by atoms with E-state index in [1.165, 1.54) is 0 Å². The summed E-state index contributed by atoms with van der Waals surface area (Å²) < 4.78 is 8.38. The minimum atomic E-state index is -0.247. The molecule has 3 rings (SSSR count). The van der Waals surface area contributed by atoms with Crippen LogP contribution in [0.25, 0.3) is 0 Å². The number of nitrogens with one attached hydrogen (secondary N) is 1. The maximum absolute atomic E-state index is 12.5. The quantitative estimate of drug-likeness (QED) is 0.746.